The van der Waals surface area contributed by atoms with Crippen molar-refractivity contribution in [3.05, 3.63) is 24.0 Å². The Balaban J connectivity index is 2.05. The van der Waals surface area contributed by atoms with Crippen molar-refractivity contribution in [1.82, 2.24) is 19.7 Å². The van der Waals surface area contributed by atoms with Crippen LogP contribution in [0.3, 0.4) is 0 Å². The fourth-order valence-corrected chi connectivity index (χ4v) is 1.75. The van der Waals surface area contributed by atoms with E-state index in [1.165, 1.54) is 11.8 Å². The van der Waals surface area contributed by atoms with Gasteiger partial charge < -0.3 is 11.1 Å². The maximum absolute atomic E-state index is 5.68. The van der Waals surface area contributed by atoms with E-state index < -0.39 is 0 Å². The van der Waals surface area contributed by atoms with E-state index in [0.717, 1.165) is 5.69 Å². The lowest BCUT2D eigenvalue weighted by Crippen LogP contribution is -2.05. The Labute approximate surface area is 104 Å². The van der Waals surface area contributed by atoms with E-state index in [2.05, 4.69) is 20.4 Å². The normalized spacial score (nSPS) is 10.5. The number of nitrogen functional groups attached to an aromatic ring is 1. The molecule has 6 nitrogen and oxygen atoms in total. The summed E-state index contributed by atoms with van der Waals surface area (Å²) >= 11 is 1.46. The van der Waals surface area contributed by atoms with Gasteiger partial charge in [-0.3, -0.25) is 4.68 Å². The minimum atomic E-state index is 0.466. The molecule has 0 aromatic carbocycles. The topological polar surface area (TPSA) is 81.6 Å². The third-order valence-electron chi connectivity index (χ3n) is 2.13. The molecule has 7 heteroatoms. The predicted octanol–water partition coefficient (Wildman–Crippen LogP) is 1.13. The zero-order chi connectivity index (χ0) is 12.3. The molecule has 0 unspecified atom stereocenters. The number of nitrogens with zero attached hydrogens (tertiary/aromatic N) is 4. The van der Waals surface area contributed by atoms with Gasteiger partial charge in [-0.1, -0.05) is 11.8 Å². The van der Waals surface area contributed by atoms with E-state index in [9.17, 15) is 0 Å². The van der Waals surface area contributed by atoms with E-state index in [1.807, 2.05) is 25.6 Å². The fourth-order valence-electron chi connectivity index (χ4n) is 1.36. The number of anilines is 2. The second kappa shape index (κ2) is 5.05. The standard InChI is InChI=1S/C10H14N6S/c1-16-4-3-7(15-16)6-12-9-5-8(11)13-10(14-9)17-2/h3-5H,6H2,1-2H3,(H3,11,12,13,14). The summed E-state index contributed by atoms with van der Waals surface area (Å²) < 4.78 is 1.76. The lowest BCUT2D eigenvalue weighted by molar-refractivity contribution is 0.746. The highest BCUT2D eigenvalue weighted by Gasteiger charge is 2.02. The molecule has 0 saturated carbocycles. The number of aromatic nitrogens is 4. The van der Waals surface area contributed by atoms with Gasteiger partial charge in [0.25, 0.3) is 0 Å². The van der Waals surface area contributed by atoms with Gasteiger partial charge in [0.2, 0.25) is 0 Å². The van der Waals surface area contributed by atoms with Gasteiger partial charge in [0.15, 0.2) is 5.16 Å². The molecule has 0 aliphatic heterocycles. The molecule has 2 aromatic heterocycles. The molecule has 0 atom stereocenters. The summed E-state index contributed by atoms with van der Waals surface area (Å²) in [7, 11) is 1.89. The van der Waals surface area contributed by atoms with Gasteiger partial charge in [-0.25, -0.2) is 9.97 Å². The summed E-state index contributed by atoms with van der Waals surface area (Å²) in [6, 6.07) is 3.66. The van der Waals surface area contributed by atoms with Crippen molar-refractivity contribution in [1.29, 1.82) is 0 Å². The number of hydrogen-bond donors (Lipinski definition) is 2. The molecule has 2 aromatic rings. The quantitative estimate of drug-likeness (QED) is 0.625. The number of thioether (sulfide) groups is 1. The number of hydrogen-bond acceptors (Lipinski definition) is 6. The van der Waals surface area contributed by atoms with E-state index in [1.54, 1.807) is 10.7 Å². The first-order valence-corrected chi connectivity index (χ1v) is 6.31. The molecule has 2 rings (SSSR count). The Morgan fingerprint density at radius 1 is 1.47 bits per heavy atom. The molecule has 0 saturated heterocycles. The summed E-state index contributed by atoms with van der Waals surface area (Å²) in [6.45, 7) is 0.616. The van der Waals surface area contributed by atoms with Crippen LogP contribution in [-0.4, -0.2) is 26.0 Å². The van der Waals surface area contributed by atoms with E-state index in [4.69, 9.17) is 5.73 Å². The van der Waals surface area contributed by atoms with Crippen LogP contribution in [0.4, 0.5) is 11.6 Å². The molecule has 0 fully saturated rings. The van der Waals surface area contributed by atoms with Crippen LogP contribution in [0.2, 0.25) is 0 Å². The van der Waals surface area contributed by atoms with Crippen LogP contribution in [0.1, 0.15) is 5.69 Å². The monoisotopic (exact) mass is 250 g/mol. The largest absolute Gasteiger partial charge is 0.383 e. The molecular weight excluding hydrogens is 236 g/mol. The van der Waals surface area contributed by atoms with Crippen LogP contribution in [0.5, 0.6) is 0 Å². The zero-order valence-electron chi connectivity index (χ0n) is 9.71. The Kier molecular flexibility index (Phi) is 3.48. The molecule has 0 bridgehead atoms. The Bertz CT molecular complexity index is 509. The predicted molar refractivity (Wildman–Crippen MR) is 68.8 cm³/mol. The number of nitrogens with one attached hydrogen (secondary N) is 1. The van der Waals surface area contributed by atoms with Crippen molar-refractivity contribution in [2.45, 2.75) is 11.7 Å². The summed E-state index contributed by atoms with van der Waals surface area (Å²) in [5.41, 5.74) is 6.64. The molecule has 3 N–H and O–H groups in total. The van der Waals surface area contributed by atoms with Crippen molar-refractivity contribution >= 4 is 23.4 Å². The van der Waals surface area contributed by atoms with Crippen LogP contribution in [0.15, 0.2) is 23.5 Å². The molecule has 2 heterocycles. The van der Waals surface area contributed by atoms with Crippen molar-refractivity contribution < 1.29 is 0 Å². The highest BCUT2D eigenvalue weighted by atomic mass is 32.2. The van der Waals surface area contributed by atoms with Crippen molar-refractivity contribution in [2.24, 2.45) is 7.05 Å². The first kappa shape index (κ1) is 11.7. The lowest BCUT2D eigenvalue weighted by atomic mass is 10.4. The molecule has 0 aliphatic rings. The van der Waals surface area contributed by atoms with E-state index in [0.29, 0.717) is 23.3 Å². The van der Waals surface area contributed by atoms with Crippen molar-refractivity contribution in [3.63, 3.8) is 0 Å². The number of rotatable bonds is 4. The van der Waals surface area contributed by atoms with E-state index in [-0.39, 0.29) is 0 Å². The van der Waals surface area contributed by atoms with Crippen LogP contribution >= 0.6 is 11.8 Å². The lowest BCUT2D eigenvalue weighted by Gasteiger charge is -2.05. The van der Waals surface area contributed by atoms with Gasteiger partial charge in [0.05, 0.1) is 12.2 Å². The fraction of sp³-hybridized carbons (Fsp3) is 0.300. The zero-order valence-corrected chi connectivity index (χ0v) is 10.5. The van der Waals surface area contributed by atoms with Gasteiger partial charge in [-0.05, 0) is 12.3 Å². The molecule has 90 valence electrons. The molecule has 0 radical (unpaired) electrons. The second-order valence-corrected chi connectivity index (χ2v) is 4.27. The van der Waals surface area contributed by atoms with Crippen LogP contribution in [0, 0.1) is 0 Å². The molecule has 0 amide bonds. The highest BCUT2D eigenvalue weighted by molar-refractivity contribution is 7.98. The molecule has 17 heavy (non-hydrogen) atoms. The smallest absolute Gasteiger partial charge is 0.191 e. The molecule has 0 aliphatic carbocycles. The first-order valence-electron chi connectivity index (χ1n) is 5.08. The summed E-state index contributed by atoms with van der Waals surface area (Å²) in [5, 5.41) is 8.10. The van der Waals surface area contributed by atoms with Crippen molar-refractivity contribution in [3.8, 4) is 0 Å². The minimum absolute atomic E-state index is 0.466. The van der Waals surface area contributed by atoms with Gasteiger partial charge in [-0.15, -0.1) is 0 Å². The summed E-state index contributed by atoms with van der Waals surface area (Å²) in [5.74, 6) is 1.18. The van der Waals surface area contributed by atoms with Crippen LogP contribution in [-0.2, 0) is 13.6 Å². The second-order valence-electron chi connectivity index (χ2n) is 3.50. The van der Waals surface area contributed by atoms with Crippen LogP contribution < -0.4 is 11.1 Å². The highest BCUT2D eigenvalue weighted by Crippen LogP contribution is 2.15. The average Bonchev–Trinajstić information content (AvgIpc) is 2.72. The number of nitrogens with two attached hydrogens (primary N) is 1. The summed E-state index contributed by atoms with van der Waals surface area (Å²) in [4.78, 5) is 8.38. The Morgan fingerprint density at radius 2 is 2.29 bits per heavy atom. The van der Waals surface area contributed by atoms with Gasteiger partial charge in [0, 0.05) is 19.3 Å². The minimum Gasteiger partial charge on any atom is -0.383 e. The van der Waals surface area contributed by atoms with Gasteiger partial charge >= 0.3 is 0 Å². The van der Waals surface area contributed by atoms with Crippen molar-refractivity contribution in [2.75, 3.05) is 17.3 Å². The third kappa shape index (κ3) is 3.10. The summed E-state index contributed by atoms with van der Waals surface area (Å²) in [6.07, 6.45) is 3.82. The Morgan fingerprint density at radius 3 is 2.94 bits per heavy atom. The molecule has 0 spiro atoms. The maximum atomic E-state index is 5.68. The average molecular weight is 250 g/mol. The first-order chi connectivity index (χ1) is 8.17. The SMILES string of the molecule is CSc1nc(N)cc(NCc2ccn(C)n2)n1. The van der Waals surface area contributed by atoms with Gasteiger partial charge in [-0.2, -0.15) is 5.10 Å². The number of aryl methyl sites for hydroxylation is 1. The van der Waals surface area contributed by atoms with Gasteiger partial charge in [0.1, 0.15) is 11.6 Å². The van der Waals surface area contributed by atoms with E-state index >= 15 is 0 Å². The van der Waals surface area contributed by atoms with Crippen LogP contribution in [0.25, 0.3) is 0 Å². The third-order valence-corrected chi connectivity index (χ3v) is 2.68. The molecular formula is C10H14N6S. The maximum Gasteiger partial charge on any atom is 0.191 e. The Hall–Kier alpha value is -1.76.